The minimum atomic E-state index is -0.338. The first kappa shape index (κ1) is 14.8. The zero-order valence-electron chi connectivity index (χ0n) is 12.3. The maximum atomic E-state index is 12.1. The molecule has 0 radical (unpaired) electrons. The van der Waals surface area contributed by atoms with Crippen LogP contribution in [-0.4, -0.2) is 29.8 Å². The fraction of sp³-hybridized carbons (Fsp3) is 0.267. The highest BCUT2D eigenvalue weighted by molar-refractivity contribution is 6.02. The van der Waals surface area contributed by atoms with Gasteiger partial charge in [0.15, 0.2) is 0 Å². The second kappa shape index (κ2) is 6.21. The highest BCUT2D eigenvalue weighted by Gasteiger charge is 2.09. The number of benzene rings is 1. The number of aromatic nitrogens is 2. The average Bonchev–Trinajstić information content (AvgIpc) is 2.48. The number of hydrogen-bond donors (Lipinski definition) is 1. The van der Waals surface area contributed by atoms with Gasteiger partial charge in [-0.1, -0.05) is 0 Å². The molecule has 0 saturated heterocycles. The molecule has 1 aromatic heterocycles. The van der Waals surface area contributed by atoms with Crippen LogP contribution in [0.4, 0.5) is 11.4 Å². The fourth-order valence-electron chi connectivity index (χ4n) is 1.83. The van der Waals surface area contributed by atoms with Gasteiger partial charge in [-0.3, -0.25) is 9.59 Å². The van der Waals surface area contributed by atoms with Crippen LogP contribution in [0.15, 0.2) is 41.2 Å². The van der Waals surface area contributed by atoms with Crippen LogP contribution in [0.25, 0.3) is 0 Å². The molecule has 6 heteroatoms. The SMILES string of the molecule is CCn1nc(C(=O)Nc2ccc(N(C)C)cc2)ccc1=O. The molecule has 110 valence electrons. The Hall–Kier alpha value is -2.63. The molecule has 1 amide bonds. The molecule has 0 aliphatic rings. The summed E-state index contributed by atoms with van der Waals surface area (Å²) < 4.78 is 1.25. The van der Waals surface area contributed by atoms with Crippen molar-refractivity contribution in [2.24, 2.45) is 0 Å². The monoisotopic (exact) mass is 286 g/mol. The Morgan fingerprint density at radius 2 is 1.86 bits per heavy atom. The minimum Gasteiger partial charge on any atom is -0.378 e. The molecular weight excluding hydrogens is 268 g/mol. The lowest BCUT2D eigenvalue weighted by atomic mass is 10.2. The van der Waals surface area contributed by atoms with Gasteiger partial charge in [-0.15, -0.1) is 0 Å². The summed E-state index contributed by atoms with van der Waals surface area (Å²) in [6, 6.07) is 10.2. The van der Waals surface area contributed by atoms with Crippen LogP contribution in [-0.2, 0) is 6.54 Å². The zero-order chi connectivity index (χ0) is 15.4. The van der Waals surface area contributed by atoms with Gasteiger partial charge in [0.05, 0.1) is 0 Å². The van der Waals surface area contributed by atoms with Gasteiger partial charge in [-0.25, -0.2) is 4.68 Å². The van der Waals surface area contributed by atoms with Gasteiger partial charge in [-0.05, 0) is 37.3 Å². The Morgan fingerprint density at radius 1 is 1.19 bits per heavy atom. The third-order valence-electron chi connectivity index (χ3n) is 3.04. The van der Waals surface area contributed by atoms with Gasteiger partial charge in [0.1, 0.15) is 5.69 Å². The molecule has 0 fully saturated rings. The predicted molar refractivity (Wildman–Crippen MR) is 82.9 cm³/mol. The third kappa shape index (κ3) is 3.47. The number of carbonyl (C=O) groups excluding carboxylic acids is 1. The van der Waals surface area contributed by atoms with E-state index in [1.54, 1.807) is 6.92 Å². The quantitative estimate of drug-likeness (QED) is 0.926. The number of hydrogen-bond acceptors (Lipinski definition) is 4. The average molecular weight is 286 g/mol. The molecule has 2 aromatic rings. The summed E-state index contributed by atoms with van der Waals surface area (Å²) in [5.74, 6) is -0.338. The van der Waals surface area contributed by atoms with Crippen molar-refractivity contribution in [3.63, 3.8) is 0 Å². The van der Waals surface area contributed by atoms with Crippen LogP contribution in [0.5, 0.6) is 0 Å². The van der Waals surface area contributed by atoms with E-state index in [9.17, 15) is 9.59 Å². The van der Waals surface area contributed by atoms with Crippen LogP contribution in [0.3, 0.4) is 0 Å². The Bertz CT molecular complexity index is 690. The second-order valence-corrected chi connectivity index (χ2v) is 4.77. The first-order chi connectivity index (χ1) is 10.0. The first-order valence-corrected chi connectivity index (χ1v) is 6.68. The van der Waals surface area contributed by atoms with E-state index < -0.39 is 0 Å². The summed E-state index contributed by atoms with van der Waals surface area (Å²) >= 11 is 0. The lowest BCUT2D eigenvalue weighted by molar-refractivity contribution is 0.102. The van der Waals surface area contributed by atoms with Crippen LogP contribution in [0.2, 0.25) is 0 Å². The summed E-state index contributed by atoms with van der Waals surface area (Å²) in [7, 11) is 3.90. The first-order valence-electron chi connectivity index (χ1n) is 6.68. The molecule has 0 unspecified atom stereocenters. The normalized spacial score (nSPS) is 10.2. The lowest BCUT2D eigenvalue weighted by Gasteiger charge is -2.13. The van der Waals surface area contributed by atoms with Gasteiger partial charge < -0.3 is 10.2 Å². The van der Waals surface area contributed by atoms with E-state index in [4.69, 9.17) is 0 Å². The molecular formula is C15H18N4O2. The fourth-order valence-corrected chi connectivity index (χ4v) is 1.83. The predicted octanol–water partition coefficient (Wildman–Crippen LogP) is 1.58. The van der Waals surface area contributed by atoms with E-state index in [1.165, 1.54) is 16.8 Å². The molecule has 1 aromatic carbocycles. The van der Waals surface area contributed by atoms with Crippen LogP contribution in [0, 0.1) is 0 Å². The van der Waals surface area contributed by atoms with E-state index in [2.05, 4.69) is 10.4 Å². The van der Waals surface area contributed by atoms with Gasteiger partial charge in [0.25, 0.3) is 11.5 Å². The van der Waals surface area contributed by atoms with Crippen molar-refractivity contribution in [2.75, 3.05) is 24.3 Å². The topological polar surface area (TPSA) is 67.2 Å². The number of amides is 1. The molecule has 0 saturated carbocycles. The molecule has 0 bridgehead atoms. The van der Waals surface area contributed by atoms with E-state index in [-0.39, 0.29) is 17.2 Å². The Balaban J connectivity index is 2.16. The van der Waals surface area contributed by atoms with E-state index >= 15 is 0 Å². The molecule has 0 atom stereocenters. The number of carbonyl (C=O) groups is 1. The Kier molecular flexibility index (Phi) is 4.37. The molecule has 2 rings (SSSR count). The van der Waals surface area contributed by atoms with Crippen molar-refractivity contribution in [1.29, 1.82) is 0 Å². The molecule has 1 heterocycles. The number of nitrogens with one attached hydrogen (secondary N) is 1. The van der Waals surface area contributed by atoms with Gasteiger partial charge >= 0.3 is 0 Å². The summed E-state index contributed by atoms with van der Waals surface area (Å²) in [5, 5.41) is 6.78. The molecule has 21 heavy (non-hydrogen) atoms. The smallest absolute Gasteiger partial charge is 0.276 e. The van der Waals surface area contributed by atoms with Crippen molar-refractivity contribution < 1.29 is 4.79 Å². The lowest BCUT2D eigenvalue weighted by Crippen LogP contribution is -2.25. The zero-order valence-corrected chi connectivity index (χ0v) is 12.3. The summed E-state index contributed by atoms with van der Waals surface area (Å²) in [6.45, 7) is 2.23. The summed E-state index contributed by atoms with van der Waals surface area (Å²) in [5.41, 5.74) is 1.73. The van der Waals surface area contributed by atoms with Gasteiger partial charge in [0.2, 0.25) is 0 Å². The number of rotatable bonds is 4. The number of aryl methyl sites for hydroxylation is 1. The van der Waals surface area contributed by atoms with Crippen LogP contribution in [0.1, 0.15) is 17.4 Å². The van der Waals surface area contributed by atoms with Crippen molar-refractivity contribution in [3.05, 3.63) is 52.4 Å². The van der Waals surface area contributed by atoms with Crippen molar-refractivity contribution >= 4 is 17.3 Å². The third-order valence-corrected chi connectivity index (χ3v) is 3.04. The largest absolute Gasteiger partial charge is 0.378 e. The number of anilines is 2. The van der Waals surface area contributed by atoms with Crippen LogP contribution < -0.4 is 15.8 Å². The minimum absolute atomic E-state index is 0.216. The van der Waals surface area contributed by atoms with Gasteiger partial charge in [0, 0.05) is 38.1 Å². The molecule has 6 nitrogen and oxygen atoms in total. The second-order valence-electron chi connectivity index (χ2n) is 4.77. The maximum Gasteiger partial charge on any atom is 0.276 e. The standard InChI is InChI=1S/C15H18N4O2/c1-4-19-14(20)10-9-13(17-19)15(21)16-11-5-7-12(8-6-11)18(2)3/h5-10H,4H2,1-3H3,(H,16,21). The van der Waals surface area contributed by atoms with Crippen molar-refractivity contribution in [3.8, 4) is 0 Å². The Labute approximate surface area is 123 Å². The maximum absolute atomic E-state index is 12.1. The Morgan fingerprint density at radius 3 is 2.43 bits per heavy atom. The van der Waals surface area contributed by atoms with Crippen LogP contribution >= 0.6 is 0 Å². The van der Waals surface area contributed by atoms with E-state index in [1.807, 2.05) is 43.3 Å². The summed E-state index contributed by atoms with van der Waals surface area (Å²) in [6.07, 6.45) is 0. The number of nitrogens with zero attached hydrogens (tertiary/aromatic N) is 3. The van der Waals surface area contributed by atoms with E-state index in [0.717, 1.165) is 5.69 Å². The molecule has 0 spiro atoms. The van der Waals surface area contributed by atoms with Crippen molar-refractivity contribution in [2.45, 2.75) is 13.5 Å². The van der Waals surface area contributed by atoms with Crippen molar-refractivity contribution in [1.82, 2.24) is 9.78 Å². The summed E-state index contributed by atoms with van der Waals surface area (Å²) in [4.78, 5) is 25.5. The molecule has 0 aliphatic heterocycles. The van der Waals surface area contributed by atoms with E-state index in [0.29, 0.717) is 12.2 Å². The van der Waals surface area contributed by atoms with Gasteiger partial charge in [-0.2, -0.15) is 5.10 Å². The molecule has 0 aliphatic carbocycles. The highest BCUT2D eigenvalue weighted by Crippen LogP contribution is 2.16. The highest BCUT2D eigenvalue weighted by atomic mass is 16.2. The molecule has 1 N–H and O–H groups in total.